The summed E-state index contributed by atoms with van der Waals surface area (Å²) in [4.78, 5) is 22.9. The smallest absolute Gasteiger partial charge is 0.326 e. The Bertz CT molecular complexity index is 482. The van der Waals surface area contributed by atoms with Gasteiger partial charge in [-0.2, -0.15) is 11.8 Å². The van der Waals surface area contributed by atoms with Crippen LogP contribution in [0, 0.1) is 0 Å². The van der Waals surface area contributed by atoms with Crippen molar-refractivity contribution in [2.24, 2.45) is 0 Å². The molecule has 0 aliphatic heterocycles. The van der Waals surface area contributed by atoms with Crippen molar-refractivity contribution in [3.8, 4) is 0 Å². The number of hydrogen-bond donors (Lipinski definition) is 4. The van der Waals surface area contributed by atoms with Crippen molar-refractivity contribution in [3.63, 3.8) is 0 Å². The van der Waals surface area contributed by atoms with Gasteiger partial charge in [-0.05, 0) is 43.2 Å². The summed E-state index contributed by atoms with van der Waals surface area (Å²) in [6, 6.07) is 6.00. The van der Waals surface area contributed by atoms with Gasteiger partial charge in [-0.3, -0.25) is 0 Å². The molecule has 1 atom stereocenters. The number of amides is 2. The lowest BCUT2D eigenvalue weighted by atomic mass is 10.2. The van der Waals surface area contributed by atoms with Crippen molar-refractivity contribution in [2.75, 3.05) is 24.4 Å². The van der Waals surface area contributed by atoms with Gasteiger partial charge in [0.2, 0.25) is 0 Å². The highest BCUT2D eigenvalue weighted by atomic mass is 32.2. The number of aliphatic carboxylic acids is 1. The summed E-state index contributed by atoms with van der Waals surface area (Å²) in [6.45, 7) is 0.697. The largest absolute Gasteiger partial charge is 0.480 e. The molecule has 21 heavy (non-hydrogen) atoms. The SMILES string of the molecule is CNCc1cccc(NC(=O)N[C@@H](CCSC)C(=O)O)c1. The van der Waals surface area contributed by atoms with Crippen LogP contribution in [0.3, 0.4) is 0 Å². The maximum atomic E-state index is 11.9. The van der Waals surface area contributed by atoms with Crippen LogP contribution in [0.1, 0.15) is 12.0 Å². The number of carboxylic acids is 1. The minimum atomic E-state index is -1.02. The average molecular weight is 311 g/mol. The zero-order valence-corrected chi connectivity index (χ0v) is 13.0. The van der Waals surface area contributed by atoms with Crippen molar-refractivity contribution in [1.82, 2.24) is 10.6 Å². The first-order chi connectivity index (χ1) is 10.1. The van der Waals surface area contributed by atoms with E-state index in [-0.39, 0.29) is 0 Å². The Balaban J connectivity index is 2.58. The quantitative estimate of drug-likeness (QED) is 0.587. The third-order valence-electron chi connectivity index (χ3n) is 2.78. The fraction of sp³-hybridized carbons (Fsp3) is 0.429. The van der Waals surface area contributed by atoms with E-state index in [1.807, 2.05) is 31.5 Å². The summed E-state index contributed by atoms with van der Waals surface area (Å²) < 4.78 is 0. The van der Waals surface area contributed by atoms with E-state index in [9.17, 15) is 9.59 Å². The number of carbonyl (C=O) groups is 2. The molecule has 0 fully saturated rings. The minimum absolute atomic E-state index is 0.393. The van der Waals surface area contributed by atoms with E-state index in [0.29, 0.717) is 24.4 Å². The van der Waals surface area contributed by atoms with E-state index < -0.39 is 18.0 Å². The molecule has 1 rings (SSSR count). The number of hydrogen-bond acceptors (Lipinski definition) is 4. The molecular formula is C14H21N3O3S. The van der Waals surface area contributed by atoms with Gasteiger partial charge < -0.3 is 21.1 Å². The zero-order chi connectivity index (χ0) is 15.7. The second kappa shape index (κ2) is 9.25. The van der Waals surface area contributed by atoms with Crippen LogP contribution in [0.2, 0.25) is 0 Å². The van der Waals surface area contributed by atoms with E-state index in [0.717, 1.165) is 5.56 Å². The summed E-state index contributed by atoms with van der Waals surface area (Å²) in [6.07, 6.45) is 2.29. The number of nitrogens with one attached hydrogen (secondary N) is 3. The molecule has 116 valence electrons. The maximum Gasteiger partial charge on any atom is 0.326 e. The number of carboxylic acid groups (broad SMARTS) is 1. The molecule has 1 aromatic rings. The second-order valence-corrected chi connectivity index (χ2v) is 5.49. The Kier molecular flexibility index (Phi) is 7.63. The lowest BCUT2D eigenvalue weighted by Gasteiger charge is -2.15. The Hall–Kier alpha value is -1.73. The normalized spacial score (nSPS) is 11.7. The lowest BCUT2D eigenvalue weighted by molar-refractivity contribution is -0.139. The van der Waals surface area contributed by atoms with Crippen LogP contribution in [0.4, 0.5) is 10.5 Å². The van der Waals surface area contributed by atoms with Crippen LogP contribution in [0.15, 0.2) is 24.3 Å². The molecule has 0 saturated carbocycles. The minimum Gasteiger partial charge on any atom is -0.480 e. The number of thioether (sulfide) groups is 1. The molecule has 0 aromatic heterocycles. The van der Waals surface area contributed by atoms with Gasteiger partial charge in [-0.1, -0.05) is 12.1 Å². The molecule has 0 radical (unpaired) electrons. The summed E-state index contributed by atoms with van der Waals surface area (Å²) in [7, 11) is 1.84. The molecule has 2 amide bonds. The van der Waals surface area contributed by atoms with Crippen LogP contribution in [0.5, 0.6) is 0 Å². The van der Waals surface area contributed by atoms with Crippen molar-refractivity contribution in [2.45, 2.75) is 19.0 Å². The highest BCUT2D eigenvalue weighted by Crippen LogP contribution is 2.10. The van der Waals surface area contributed by atoms with Crippen molar-refractivity contribution in [3.05, 3.63) is 29.8 Å². The van der Waals surface area contributed by atoms with Crippen LogP contribution < -0.4 is 16.0 Å². The second-order valence-electron chi connectivity index (χ2n) is 4.50. The van der Waals surface area contributed by atoms with E-state index in [1.165, 1.54) is 0 Å². The summed E-state index contributed by atoms with van der Waals surface area (Å²) in [5, 5.41) is 17.2. The van der Waals surface area contributed by atoms with Crippen molar-refractivity contribution >= 4 is 29.4 Å². The van der Waals surface area contributed by atoms with Gasteiger partial charge in [-0.25, -0.2) is 9.59 Å². The first-order valence-corrected chi connectivity index (χ1v) is 7.99. The number of benzene rings is 1. The van der Waals surface area contributed by atoms with Crippen LogP contribution in [-0.2, 0) is 11.3 Å². The highest BCUT2D eigenvalue weighted by Gasteiger charge is 2.19. The molecule has 1 aromatic carbocycles. The standard InChI is InChI=1S/C14H21N3O3S/c1-15-9-10-4-3-5-11(8-10)16-14(20)17-12(13(18)19)6-7-21-2/h3-5,8,12,15H,6-7,9H2,1-2H3,(H,18,19)(H2,16,17,20)/t12-/m0/s1. The van der Waals surface area contributed by atoms with Gasteiger partial charge in [0, 0.05) is 12.2 Å². The Morgan fingerprint density at radius 3 is 2.76 bits per heavy atom. The van der Waals surface area contributed by atoms with Gasteiger partial charge in [0.1, 0.15) is 6.04 Å². The number of urea groups is 1. The van der Waals surface area contributed by atoms with E-state index in [4.69, 9.17) is 5.11 Å². The zero-order valence-electron chi connectivity index (χ0n) is 12.2. The molecule has 0 heterocycles. The average Bonchev–Trinajstić information content (AvgIpc) is 2.44. The van der Waals surface area contributed by atoms with Gasteiger partial charge in [-0.15, -0.1) is 0 Å². The highest BCUT2D eigenvalue weighted by molar-refractivity contribution is 7.98. The van der Waals surface area contributed by atoms with Crippen LogP contribution >= 0.6 is 11.8 Å². The molecule has 0 spiro atoms. The Morgan fingerprint density at radius 2 is 2.14 bits per heavy atom. The van der Waals surface area contributed by atoms with Crippen LogP contribution in [-0.4, -0.2) is 42.2 Å². The van der Waals surface area contributed by atoms with Gasteiger partial charge in [0.25, 0.3) is 0 Å². The molecule has 0 bridgehead atoms. The lowest BCUT2D eigenvalue weighted by Crippen LogP contribution is -2.43. The Morgan fingerprint density at radius 1 is 1.38 bits per heavy atom. The molecule has 7 heteroatoms. The fourth-order valence-corrected chi connectivity index (χ4v) is 2.25. The molecule has 0 unspecified atom stereocenters. The molecule has 0 aliphatic rings. The molecule has 6 nitrogen and oxygen atoms in total. The third-order valence-corrected chi connectivity index (χ3v) is 3.42. The van der Waals surface area contributed by atoms with Gasteiger partial charge in [0.05, 0.1) is 0 Å². The van der Waals surface area contributed by atoms with E-state index >= 15 is 0 Å². The molecule has 4 N–H and O–H groups in total. The first kappa shape index (κ1) is 17.3. The maximum absolute atomic E-state index is 11.9. The number of rotatable bonds is 8. The first-order valence-electron chi connectivity index (χ1n) is 6.59. The molecule has 0 saturated heterocycles. The molecule has 0 aliphatic carbocycles. The Labute approximate surface area is 128 Å². The summed E-state index contributed by atoms with van der Waals surface area (Å²) >= 11 is 1.54. The topological polar surface area (TPSA) is 90.5 Å². The van der Waals surface area contributed by atoms with Crippen LogP contribution in [0.25, 0.3) is 0 Å². The predicted octanol–water partition coefficient (Wildman–Crippen LogP) is 1.73. The van der Waals surface area contributed by atoms with Gasteiger partial charge in [0.15, 0.2) is 0 Å². The van der Waals surface area contributed by atoms with Crippen molar-refractivity contribution < 1.29 is 14.7 Å². The number of anilines is 1. The van der Waals surface area contributed by atoms with Crippen molar-refractivity contribution in [1.29, 1.82) is 0 Å². The van der Waals surface area contributed by atoms with E-state index in [2.05, 4.69) is 16.0 Å². The summed E-state index contributed by atoms with van der Waals surface area (Å²) in [5.41, 5.74) is 1.67. The monoisotopic (exact) mass is 311 g/mol. The van der Waals surface area contributed by atoms with Gasteiger partial charge >= 0.3 is 12.0 Å². The number of carbonyl (C=O) groups excluding carboxylic acids is 1. The summed E-state index contributed by atoms with van der Waals surface area (Å²) in [5.74, 6) is -0.349. The predicted molar refractivity (Wildman–Crippen MR) is 85.8 cm³/mol. The van der Waals surface area contributed by atoms with E-state index in [1.54, 1.807) is 17.8 Å². The fourth-order valence-electron chi connectivity index (χ4n) is 1.78. The molecular weight excluding hydrogens is 290 g/mol. The third kappa shape index (κ3) is 6.50.